The zero-order chi connectivity index (χ0) is 21.8. The van der Waals surface area contributed by atoms with E-state index in [1.54, 1.807) is 0 Å². The number of rotatable bonds is 10. The van der Waals surface area contributed by atoms with Crippen LogP contribution in [0.1, 0.15) is 52.5 Å². The number of fused-ring (bicyclic) bond motifs is 1. The Bertz CT molecular complexity index is 870. The number of carbonyl (C=O) groups is 1. The maximum Gasteiger partial charge on any atom is 0.231 e. The first-order valence-corrected chi connectivity index (χ1v) is 10.6. The van der Waals surface area contributed by atoms with E-state index in [2.05, 4.69) is 40.2 Å². The highest BCUT2D eigenvalue weighted by Gasteiger charge is 2.53. The third-order valence-electron chi connectivity index (χ3n) is 5.83. The van der Waals surface area contributed by atoms with E-state index in [0.29, 0.717) is 18.8 Å². The summed E-state index contributed by atoms with van der Waals surface area (Å²) in [5.41, 5.74) is 9.51. The number of nitrogens with one attached hydrogen (secondary N) is 1. The van der Waals surface area contributed by atoms with Gasteiger partial charge in [0.1, 0.15) is 0 Å². The fourth-order valence-electron chi connectivity index (χ4n) is 4.07. The molecule has 8 nitrogen and oxygen atoms in total. The molecule has 0 spiro atoms. The molecule has 0 radical (unpaired) electrons. The van der Waals surface area contributed by atoms with Crippen LogP contribution in [0.2, 0.25) is 0 Å². The van der Waals surface area contributed by atoms with E-state index in [4.69, 9.17) is 15.0 Å². The van der Waals surface area contributed by atoms with Crippen LogP contribution in [0.15, 0.2) is 35.1 Å². The van der Waals surface area contributed by atoms with Gasteiger partial charge >= 0.3 is 0 Å². The van der Waals surface area contributed by atoms with Crippen LogP contribution < -0.4 is 14.8 Å². The summed E-state index contributed by atoms with van der Waals surface area (Å²) in [5.74, 6) is 1.45. The van der Waals surface area contributed by atoms with E-state index in [9.17, 15) is 4.79 Å². The van der Waals surface area contributed by atoms with Crippen molar-refractivity contribution in [2.75, 3.05) is 26.4 Å². The van der Waals surface area contributed by atoms with Gasteiger partial charge < -0.3 is 19.7 Å². The SMILES string of the molecule is CC/C=C(/N(CC)CCN=[N+]=[N-])C(C)(C)NC(=O)C1(c2ccc3c(c2)OCO3)CC1. The van der Waals surface area contributed by atoms with Gasteiger partial charge in [0.05, 0.1) is 11.0 Å². The molecular weight excluding hydrogens is 382 g/mol. The van der Waals surface area contributed by atoms with Crippen LogP contribution in [0.25, 0.3) is 10.4 Å². The van der Waals surface area contributed by atoms with E-state index in [-0.39, 0.29) is 12.7 Å². The number of hydrogen-bond acceptors (Lipinski definition) is 5. The molecule has 0 bridgehead atoms. The summed E-state index contributed by atoms with van der Waals surface area (Å²) >= 11 is 0. The lowest BCUT2D eigenvalue weighted by atomic mass is 9.91. The quantitative estimate of drug-likeness (QED) is 0.352. The Kier molecular flexibility index (Phi) is 6.46. The van der Waals surface area contributed by atoms with Gasteiger partial charge in [-0.25, -0.2) is 0 Å². The predicted molar refractivity (Wildman–Crippen MR) is 115 cm³/mol. The normalized spacial score (nSPS) is 16.6. The zero-order valence-corrected chi connectivity index (χ0v) is 18.3. The lowest BCUT2D eigenvalue weighted by Gasteiger charge is -2.38. The zero-order valence-electron chi connectivity index (χ0n) is 18.3. The summed E-state index contributed by atoms with van der Waals surface area (Å²) in [7, 11) is 0. The van der Waals surface area contributed by atoms with Crippen LogP contribution in [0, 0.1) is 0 Å². The lowest BCUT2D eigenvalue weighted by molar-refractivity contribution is -0.125. The van der Waals surface area contributed by atoms with Crippen molar-refractivity contribution >= 4 is 5.91 Å². The van der Waals surface area contributed by atoms with Gasteiger partial charge in [0, 0.05) is 30.2 Å². The Labute approximate surface area is 177 Å². The molecule has 1 fully saturated rings. The van der Waals surface area contributed by atoms with Crippen molar-refractivity contribution in [3.05, 3.63) is 46.0 Å². The number of ether oxygens (including phenoxy) is 2. The van der Waals surface area contributed by atoms with Crippen LogP contribution in [-0.4, -0.2) is 42.8 Å². The van der Waals surface area contributed by atoms with E-state index in [0.717, 1.165) is 42.8 Å². The molecule has 1 aliphatic carbocycles. The molecule has 2 aliphatic rings. The number of hydrogen-bond donors (Lipinski definition) is 1. The van der Waals surface area contributed by atoms with Gasteiger partial charge in [-0.3, -0.25) is 4.79 Å². The first-order valence-electron chi connectivity index (χ1n) is 10.6. The highest BCUT2D eigenvalue weighted by Crippen LogP contribution is 2.51. The van der Waals surface area contributed by atoms with Gasteiger partial charge in [-0.05, 0) is 63.3 Å². The summed E-state index contributed by atoms with van der Waals surface area (Å²) in [6, 6.07) is 5.78. The molecule has 0 unspecified atom stereocenters. The van der Waals surface area contributed by atoms with Crippen LogP contribution in [0.5, 0.6) is 11.5 Å². The van der Waals surface area contributed by atoms with Crippen molar-refractivity contribution in [3.8, 4) is 11.5 Å². The number of likely N-dealkylation sites (N-methyl/N-ethyl adjacent to an activating group) is 1. The summed E-state index contributed by atoms with van der Waals surface area (Å²) in [6.45, 7) is 10.2. The number of benzene rings is 1. The topological polar surface area (TPSA) is 99.6 Å². The molecule has 3 rings (SSSR count). The van der Waals surface area contributed by atoms with Crippen molar-refractivity contribution in [2.45, 2.75) is 57.9 Å². The molecule has 1 N–H and O–H groups in total. The standard InChI is InChI=1S/C22H31N5O3/c1-5-7-19(27(6-2)13-12-24-26-23)21(3,4)25-20(28)22(10-11-22)16-8-9-17-18(14-16)30-15-29-17/h7-9,14H,5-6,10-13,15H2,1-4H3,(H,25,28)/b19-7+. The second kappa shape index (κ2) is 8.88. The van der Waals surface area contributed by atoms with E-state index in [1.165, 1.54) is 0 Å². The molecule has 1 aliphatic heterocycles. The van der Waals surface area contributed by atoms with Gasteiger partial charge in [0.15, 0.2) is 11.5 Å². The second-order valence-corrected chi connectivity index (χ2v) is 8.26. The third kappa shape index (κ3) is 4.33. The Balaban J connectivity index is 1.79. The number of azide groups is 1. The fourth-order valence-corrected chi connectivity index (χ4v) is 4.07. The van der Waals surface area contributed by atoms with Crippen LogP contribution >= 0.6 is 0 Å². The lowest BCUT2D eigenvalue weighted by Crippen LogP contribution is -2.53. The summed E-state index contributed by atoms with van der Waals surface area (Å²) in [6.07, 6.45) is 4.62. The molecule has 1 aromatic carbocycles. The highest BCUT2D eigenvalue weighted by atomic mass is 16.7. The van der Waals surface area contributed by atoms with Gasteiger partial charge in [0.2, 0.25) is 12.7 Å². The minimum Gasteiger partial charge on any atom is -0.454 e. The molecule has 1 amide bonds. The summed E-state index contributed by atoms with van der Waals surface area (Å²) in [5, 5.41) is 6.96. The fraction of sp³-hybridized carbons (Fsp3) is 0.591. The predicted octanol–water partition coefficient (Wildman–Crippen LogP) is 4.27. The van der Waals surface area contributed by atoms with Crippen LogP contribution in [0.3, 0.4) is 0 Å². The maximum absolute atomic E-state index is 13.4. The van der Waals surface area contributed by atoms with E-state index < -0.39 is 11.0 Å². The minimum absolute atomic E-state index is 0.0273. The Morgan fingerprint density at radius 3 is 2.70 bits per heavy atom. The molecule has 1 aromatic rings. The molecular formula is C22H31N5O3. The van der Waals surface area contributed by atoms with Crippen LogP contribution in [0.4, 0.5) is 0 Å². The van der Waals surface area contributed by atoms with Gasteiger partial charge in [-0.15, -0.1) is 0 Å². The third-order valence-corrected chi connectivity index (χ3v) is 5.83. The monoisotopic (exact) mass is 413 g/mol. The second-order valence-electron chi connectivity index (χ2n) is 8.26. The van der Waals surface area contributed by atoms with E-state index in [1.807, 2.05) is 32.0 Å². The average molecular weight is 414 g/mol. The van der Waals surface area contributed by atoms with E-state index >= 15 is 0 Å². The first-order chi connectivity index (χ1) is 14.4. The molecule has 1 saturated carbocycles. The van der Waals surface area contributed by atoms with Crippen LogP contribution in [-0.2, 0) is 10.2 Å². The van der Waals surface area contributed by atoms with Gasteiger partial charge in [-0.1, -0.05) is 24.2 Å². The van der Waals surface area contributed by atoms with Gasteiger partial charge in [-0.2, -0.15) is 0 Å². The van der Waals surface area contributed by atoms with Crippen molar-refractivity contribution in [2.24, 2.45) is 5.11 Å². The minimum atomic E-state index is -0.564. The molecule has 0 aromatic heterocycles. The largest absolute Gasteiger partial charge is 0.454 e. The Morgan fingerprint density at radius 2 is 2.07 bits per heavy atom. The molecule has 162 valence electrons. The van der Waals surface area contributed by atoms with Gasteiger partial charge in [0.25, 0.3) is 0 Å². The van der Waals surface area contributed by atoms with Crippen molar-refractivity contribution in [1.82, 2.24) is 10.2 Å². The van der Waals surface area contributed by atoms with Crippen molar-refractivity contribution in [3.63, 3.8) is 0 Å². The molecule has 30 heavy (non-hydrogen) atoms. The summed E-state index contributed by atoms with van der Waals surface area (Å²) < 4.78 is 10.9. The number of nitrogens with zero attached hydrogens (tertiary/aromatic N) is 4. The Hall–Kier alpha value is -2.86. The molecule has 1 heterocycles. The highest BCUT2D eigenvalue weighted by molar-refractivity contribution is 5.92. The Morgan fingerprint density at radius 1 is 1.33 bits per heavy atom. The molecule has 0 atom stereocenters. The number of allylic oxidation sites excluding steroid dienone is 1. The van der Waals surface area contributed by atoms with Crippen molar-refractivity contribution < 1.29 is 14.3 Å². The molecule has 0 saturated heterocycles. The maximum atomic E-state index is 13.4. The average Bonchev–Trinajstić information content (AvgIpc) is 3.41. The first kappa shape index (κ1) is 21.8. The van der Waals surface area contributed by atoms with Crippen molar-refractivity contribution in [1.29, 1.82) is 0 Å². The summed E-state index contributed by atoms with van der Waals surface area (Å²) in [4.78, 5) is 18.4. The number of amides is 1. The smallest absolute Gasteiger partial charge is 0.231 e. The molecule has 8 heteroatoms. The number of carbonyl (C=O) groups excluding carboxylic acids is 1.